The van der Waals surface area contributed by atoms with Gasteiger partial charge in [-0.3, -0.25) is 0 Å². The first-order valence-electron chi connectivity index (χ1n) is 6.20. The Bertz CT molecular complexity index is 648. The molecule has 2 aromatic rings. The van der Waals surface area contributed by atoms with Crippen LogP contribution in [0.15, 0.2) is 24.3 Å². The lowest BCUT2D eigenvalue weighted by Gasteiger charge is -2.10. The maximum absolute atomic E-state index is 11.4. The van der Waals surface area contributed by atoms with Gasteiger partial charge >= 0.3 is 12.0 Å². The summed E-state index contributed by atoms with van der Waals surface area (Å²) in [4.78, 5) is 19.4. The summed E-state index contributed by atoms with van der Waals surface area (Å²) in [7, 11) is 4.16. The third-order valence-electron chi connectivity index (χ3n) is 2.73. The number of nitrogens with zero attached hydrogens (tertiary/aromatic N) is 2. The minimum absolute atomic E-state index is 0.00807. The predicted octanol–water partition coefficient (Wildman–Crippen LogP) is 1.65. The van der Waals surface area contributed by atoms with Crippen molar-refractivity contribution in [1.29, 1.82) is 0 Å². The fourth-order valence-corrected chi connectivity index (χ4v) is 1.65. The van der Waals surface area contributed by atoms with Crippen molar-refractivity contribution in [2.75, 3.05) is 27.1 Å². The summed E-state index contributed by atoms with van der Waals surface area (Å²) in [5, 5.41) is 0. The molecule has 1 aromatic heterocycles. The number of benzene rings is 1. The van der Waals surface area contributed by atoms with Crippen molar-refractivity contribution in [3.05, 3.63) is 29.8 Å². The molecule has 0 fully saturated rings. The second-order valence-corrected chi connectivity index (χ2v) is 4.06. The maximum atomic E-state index is 11.4. The molecule has 0 radical (unpaired) electrons. The summed E-state index contributed by atoms with van der Waals surface area (Å²) in [5.41, 5.74) is 6.34. The van der Waals surface area contributed by atoms with E-state index in [1.807, 2.05) is 0 Å². The first kappa shape index (κ1) is 15.4. The number of hydrogen-bond donors (Lipinski definition) is 1. The van der Waals surface area contributed by atoms with Crippen molar-refractivity contribution in [2.45, 2.75) is 0 Å². The van der Waals surface area contributed by atoms with Crippen LogP contribution in [0.4, 0.5) is 5.69 Å². The van der Waals surface area contributed by atoms with Gasteiger partial charge in [0.15, 0.2) is 5.69 Å². The molecule has 0 saturated carbocycles. The lowest BCUT2D eigenvalue weighted by Crippen LogP contribution is -2.04. The molecule has 116 valence electrons. The van der Waals surface area contributed by atoms with Gasteiger partial charge in [0.05, 0.1) is 26.9 Å². The standard InChI is InChI=1S/C14H15N3O5/c1-19-11-10(15)12(20-2)17-14(16-11)22-9-6-4-8(5-7-9)13(18)21-3/h4-7H,15H2,1-3H3. The second kappa shape index (κ2) is 6.61. The van der Waals surface area contributed by atoms with E-state index in [2.05, 4.69) is 14.7 Å². The molecule has 0 aliphatic heterocycles. The lowest BCUT2D eigenvalue weighted by molar-refractivity contribution is 0.0600. The maximum Gasteiger partial charge on any atom is 0.337 e. The SMILES string of the molecule is COC(=O)c1ccc(Oc2nc(OC)c(N)c(OC)n2)cc1. The van der Waals surface area contributed by atoms with Gasteiger partial charge in [0.1, 0.15) is 5.75 Å². The van der Waals surface area contributed by atoms with Gasteiger partial charge in [0.25, 0.3) is 0 Å². The monoisotopic (exact) mass is 305 g/mol. The van der Waals surface area contributed by atoms with Gasteiger partial charge in [-0.25, -0.2) is 4.79 Å². The average molecular weight is 305 g/mol. The van der Waals surface area contributed by atoms with Crippen LogP contribution in [-0.2, 0) is 4.74 Å². The van der Waals surface area contributed by atoms with Crippen LogP contribution in [0.5, 0.6) is 23.5 Å². The van der Waals surface area contributed by atoms with Gasteiger partial charge in [0, 0.05) is 0 Å². The first-order valence-corrected chi connectivity index (χ1v) is 6.20. The third kappa shape index (κ3) is 3.17. The molecule has 8 nitrogen and oxygen atoms in total. The number of anilines is 1. The minimum atomic E-state index is -0.432. The Kier molecular flexibility index (Phi) is 4.62. The number of rotatable bonds is 5. The summed E-state index contributed by atoms with van der Waals surface area (Å²) in [6.45, 7) is 0. The van der Waals surface area contributed by atoms with Crippen molar-refractivity contribution in [1.82, 2.24) is 9.97 Å². The number of carbonyl (C=O) groups excluding carboxylic acids is 1. The molecule has 2 N–H and O–H groups in total. The van der Waals surface area contributed by atoms with Crippen molar-refractivity contribution in [3.63, 3.8) is 0 Å². The van der Waals surface area contributed by atoms with Crippen molar-refractivity contribution >= 4 is 11.7 Å². The van der Waals surface area contributed by atoms with E-state index < -0.39 is 5.97 Å². The van der Waals surface area contributed by atoms with E-state index in [0.717, 1.165) is 0 Å². The van der Waals surface area contributed by atoms with E-state index in [4.69, 9.17) is 19.9 Å². The van der Waals surface area contributed by atoms with Crippen LogP contribution < -0.4 is 19.9 Å². The van der Waals surface area contributed by atoms with E-state index in [0.29, 0.717) is 11.3 Å². The summed E-state index contributed by atoms with van der Waals surface area (Å²) >= 11 is 0. The molecule has 0 atom stereocenters. The van der Waals surface area contributed by atoms with Gasteiger partial charge in [0.2, 0.25) is 11.8 Å². The zero-order chi connectivity index (χ0) is 16.1. The lowest BCUT2D eigenvalue weighted by atomic mass is 10.2. The highest BCUT2D eigenvalue weighted by molar-refractivity contribution is 5.89. The van der Waals surface area contributed by atoms with Crippen molar-refractivity contribution in [3.8, 4) is 23.5 Å². The number of nitrogens with two attached hydrogens (primary N) is 1. The summed E-state index contributed by atoms with van der Waals surface area (Å²) in [5.74, 6) is 0.293. The molecule has 0 unspecified atom stereocenters. The number of hydrogen-bond acceptors (Lipinski definition) is 8. The number of aromatic nitrogens is 2. The Labute approximate surface area is 126 Å². The van der Waals surface area contributed by atoms with E-state index >= 15 is 0 Å². The average Bonchev–Trinajstić information content (AvgIpc) is 2.56. The molecular weight excluding hydrogens is 290 g/mol. The molecule has 0 saturated heterocycles. The molecule has 0 bridgehead atoms. The van der Waals surface area contributed by atoms with Gasteiger partial charge in [-0.1, -0.05) is 0 Å². The van der Waals surface area contributed by atoms with Gasteiger partial charge in [-0.15, -0.1) is 0 Å². The minimum Gasteiger partial charge on any atom is -0.479 e. The Balaban J connectivity index is 2.25. The van der Waals surface area contributed by atoms with E-state index in [1.165, 1.54) is 21.3 Å². The number of nitrogen functional groups attached to an aromatic ring is 1. The Morgan fingerprint density at radius 2 is 1.55 bits per heavy atom. The molecule has 2 rings (SSSR count). The molecule has 22 heavy (non-hydrogen) atoms. The van der Waals surface area contributed by atoms with Crippen molar-refractivity contribution in [2.24, 2.45) is 0 Å². The van der Waals surface area contributed by atoms with E-state index in [-0.39, 0.29) is 23.5 Å². The number of ether oxygens (including phenoxy) is 4. The molecule has 0 aliphatic carbocycles. The number of methoxy groups -OCH3 is 3. The molecule has 0 aliphatic rings. The van der Waals surface area contributed by atoms with Crippen LogP contribution >= 0.6 is 0 Å². The van der Waals surface area contributed by atoms with Crippen LogP contribution in [0.3, 0.4) is 0 Å². The molecule has 8 heteroatoms. The quantitative estimate of drug-likeness (QED) is 0.831. The fraction of sp³-hybridized carbons (Fsp3) is 0.214. The highest BCUT2D eigenvalue weighted by atomic mass is 16.5. The third-order valence-corrected chi connectivity index (χ3v) is 2.73. The van der Waals surface area contributed by atoms with Crippen molar-refractivity contribution < 1.29 is 23.7 Å². The van der Waals surface area contributed by atoms with Crippen LogP contribution in [0.25, 0.3) is 0 Å². The Hall–Kier alpha value is -3.03. The highest BCUT2D eigenvalue weighted by Crippen LogP contribution is 2.31. The predicted molar refractivity (Wildman–Crippen MR) is 77.4 cm³/mol. The van der Waals surface area contributed by atoms with Crippen LogP contribution in [0.1, 0.15) is 10.4 Å². The normalized spacial score (nSPS) is 9.95. The number of esters is 1. The Morgan fingerprint density at radius 3 is 2.00 bits per heavy atom. The largest absolute Gasteiger partial charge is 0.479 e. The first-order chi connectivity index (χ1) is 10.6. The van der Waals surface area contributed by atoms with Gasteiger partial charge < -0.3 is 24.7 Å². The topological polar surface area (TPSA) is 106 Å². The molecule has 1 heterocycles. The summed E-state index contributed by atoms with van der Waals surface area (Å²) in [6, 6.07) is 6.31. The molecule has 0 amide bonds. The smallest absolute Gasteiger partial charge is 0.337 e. The van der Waals surface area contributed by atoms with E-state index in [9.17, 15) is 4.79 Å². The van der Waals surface area contributed by atoms with Crippen LogP contribution in [-0.4, -0.2) is 37.3 Å². The summed E-state index contributed by atoms with van der Waals surface area (Å²) < 4.78 is 20.2. The zero-order valence-corrected chi connectivity index (χ0v) is 12.3. The Morgan fingerprint density at radius 1 is 1.00 bits per heavy atom. The van der Waals surface area contributed by atoms with Gasteiger partial charge in [-0.05, 0) is 24.3 Å². The van der Waals surface area contributed by atoms with Crippen LogP contribution in [0, 0.1) is 0 Å². The fourth-order valence-electron chi connectivity index (χ4n) is 1.65. The molecule has 0 spiro atoms. The zero-order valence-electron chi connectivity index (χ0n) is 12.3. The van der Waals surface area contributed by atoms with E-state index in [1.54, 1.807) is 24.3 Å². The van der Waals surface area contributed by atoms with Crippen LogP contribution in [0.2, 0.25) is 0 Å². The summed E-state index contributed by atoms with van der Waals surface area (Å²) in [6.07, 6.45) is 0. The number of carbonyl (C=O) groups is 1. The van der Waals surface area contributed by atoms with Gasteiger partial charge in [-0.2, -0.15) is 9.97 Å². The highest BCUT2D eigenvalue weighted by Gasteiger charge is 2.14. The second-order valence-electron chi connectivity index (χ2n) is 4.06. The molecule has 1 aromatic carbocycles. The molecular formula is C14H15N3O5.